The molecule has 0 atom stereocenters. The third-order valence-electron chi connectivity index (χ3n) is 2.96. The van der Waals surface area contributed by atoms with Gasteiger partial charge in [-0.3, -0.25) is 9.79 Å². The van der Waals surface area contributed by atoms with Crippen molar-refractivity contribution < 1.29 is 4.79 Å². The van der Waals surface area contributed by atoms with Crippen molar-refractivity contribution in [2.75, 3.05) is 39.8 Å². The van der Waals surface area contributed by atoms with Crippen LogP contribution < -0.4 is 5.32 Å². The van der Waals surface area contributed by atoms with E-state index in [0.717, 1.165) is 45.0 Å². The van der Waals surface area contributed by atoms with Crippen molar-refractivity contribution in [2.45, 2.75) is 40.5 Å². The first-order valence-corrected chi connectivity index (χ1v) is 7.37. The summed E-state index contributed by atoms with van der Waals surface area (Å²) in [6.45, 7) is 11.7. The Hall–Kier alpha value is -1.26. The molecule has 0 unspecified atom stereocenters. The molecule has 0 spiro atoms. The fourth-order valence-electron chi connectivity index (χ4n) is 1.77. The van der Waals surface area contributed by atoms with Gasteiger partial charge in [0.25, 0.3) is 0 Å². The number of unbranched alkanes of at least 4 members (excludes halogenated alkanes) is 1. The molecule has 0 heterocycles. The Bertz CT molecular complexity index is 275. The summed E-state index contributed by atoms with van der Waals surface area (Å²) >= 11 is 0. The lowest BCUT2D eigenvalue weighted by Crippen LogP contribution is -2.45. The van der Waals surface area contributed by atoms with Crippen molar-refractivity contribution in [2.24, 2.45) is 4.99 Å². The van der Waals surface area contributed by atoms with Crippen molar-refractivity contribution in [3.8, 4) is 0 Å². The van der Waals surface area contributed by atoms with Gasteiger partial charge in [0.15, 0.2) is 5.96 Å². The van der Waals surface area contributed by atoms with E-state index in [1.807, 2.05) is 37.6 Å². The van der Waals surface area contributed by atoms with E-state index in [1.165, 1.54) is 0 Å². The number of amides is 1. The molecule has 0 fully saturated rings. The van der Waals surface area contributed by atoms with Crippen molar-refractivity contribution in [1.29, 1.82) is 0 Å². The monoisotopic (exact) mass is 270 g/mol. The number of aliphatic imine (C=N–C) groups is 1. The standard InChI is InChI=1S/C14H30N4O/c1-6-10-11-16-14(15-7-2)17(5)12-13(19)18(8-3)9-4/h6-12H2,1-5H3,(H,15,16). The minimum Gasteiger partial charge on any atom is -0.357 e. The number of carbonyl (C=O) groups is 1. The maximum Gasteiger partial charge on any atom is 0.242 e. The van der Waals surface area contributed by atoms with E-state index in [4.69, 9.17) is 0 Å². The van der Waals surface area contributed by atoms with Gasteiger partial charge in [-0.05, 0) is 27.2 Å². The van der Waals surface area contributed by atoms with Crippen LogP contribution in [-0.4, -0.2) is 61.4 Å². The summed E-state index contributed by atoms with van der Waals surface area (Å²) in [5.74, 6) is 0.963. The third kappa shape index (κ3) is 7.03. The van der Waals surface area contributed by atoms with Crippen LogP contribution >= 0.6 is 0 Å². The highest BCUT2D eigenvalue weighted by Gasteiger charge is 2.14. The Morgan fingerprint density at radius 1 is 1.16 bits per heavy atom. The van der Waals surface area contributed by atoms with Crippen molar-refractivity contribution in [3.05, 3.63) is 0 Å². The molecule has 0 bridgehead atoms. The summed E-state index contributed by atoms with van der Waals surface area (Å²) in [6, 6.07) is 0. The molecule has 0 aliphatic carbocycles. The summed E-state index contributed by atoms with van der Waals surface area (Å²) in [5.41, 5.74) is 0. The molecule has 19 heavy (non-hydrogen) atoms. The van der Waals surface area contributed by atoms with Crippen molar-refractivity contribution in [3.63, 3.8) is 0 Å². The number of nitrogens with zero attached hydrogens (tertiary/aromatic N) is 3. The van der Waals surface area contributed by atoms with Crippen LogP contribution in [0.3, 0.4) is 0 Å². The minimum absolute atomic E-state index is 0.147. The zero-order valence-corrected chi connectivity index (χ0v) is 13.2. The largest absolute Gasteiger partial charge is 0.357 e. The first-order chi connectivity index (χ1) is 9.10. The molecule has 0 aliphatic heterocycles. The summed E-state index contributed by atoms with van der Waals surface area (Å²) in [4.78, 5) is 20.3. The molecule has 0 aromatic heterocycles. The Balaban J connectivity index is 4.50. The normalized spacial score (nSPS) is 11.3. The average molecular weight is 270 g/mol. The van der Waals surface area contributed by atoms with Crippen LogP contribution in [-0.2, 0) is 4.79 Å². The second-order valence-corrected chi connectivity index (χ2v) is 4.51. The summed E-state index contributed by atoms with van der Waals surface area (Å²) < 4.78 is 0. The van der Waals surface area contributed by atoms with Gasteiger partial charge in [-0.15, -0.1) is 0 Å². The zero-order valence-electron chi connectivity index (χ0n) is 13.2. The molecule has 0 aromatic carbocycles. The van der Waals surface area contributed by atoms with E-state index >= 15 is 0 Å². The molecule has 0 rings (SSSR count). The second-order valence-electron chi connectivity index (χ2n) is 4.51. The Labute approximate surface area is 118 Å². The van der Waals surface area contributed by atoms with Gasteiger partial charge in [0.1, 0.15) is 0 Å². The van der Waals surface area contributed by atoms with Crippen LogP contribution in [0, 0.1) is 0 Å². The number of hydrogen-bond acceptors (Lipinski definition) is 2. The van der Waals surface area contributed by atoms with E-state index in [9.17, 15) is 4.79 Å². The van der Waals surface area contributed by atoms with Crippen molar-refractivity contribution in [1.82, 2.24) is 15.1 Å². The minimum atomic E-state index is 0.147. The molecule has 0 saturated heterocycles. The van der Waals surface area contributed by atoms with E-state index in [1.54, 1.807) is 0 Å². The molecule has 0 aromatic rings. The van der Waals surface area contributed by atoms with Gasteiger partial charge >= 0.3 is 0 Å². The summed E-state index contributed by atoms with van der Waals surface area (Å²) in [6.07, 6.45) is 2.21. The summed E-state index contributed by atoms with van der Waals surface area (Å²) in [5, 5.41) is 3.23. The van der Waals surface area contributed by atoms with Gasteiger partial charge in [0, 0.05) is 33.2 Å². The maximum absolute atomic E-state index is 12.1. The zero-order chi connectivity index (χ0) is 14.7. The highest BCUT2D eigenvalue weighted by Crippen LogP contribution is 1.95. The third-order valence-corrected chi connectivity index (χ3v) is 2.96. The number of hydrogen-bond donors (Lipinski definition) is 1. The molecule has 1 amide bonds. The van der Waals surface area contributed by atoms with Crippen LogP contribution in [0.2, 0.25) is 0 Å². The molecule has 0 radical (unpaired) electrons. The lowest BCUT2D eigenvalue weighted by molar-refractivity contribution is -0.131. The van der Waals surface area contributed by atoms with Crippen LogP contribution in [0.5, 0.6) is 0 Å². The number of likely N-dealkylation sites (N-methyl/N-ethyl adjacent to an activating group) is 2. The fraction of sp³-hybridized carbons (Fsp3) is 0.857. The molecule has 1 N–H and O–H groups in total. The van der Waals surface area contributed by atoms with Crippen LogP contribution in [0.15, 0.2) is 4.99 Å². The summed E-state index contributed by atoms with van der Waals surface area (Å²) in [7, 11) is 1.91. The van der Waals surface area contributed by atoms with E-state index in [0.29, 0.717) is 6.54 Å². The van der Waals surface area contributed by atoms with E-state index in [-0.39, 0.29) is 5.91 Å². The first kappa shape index (κ1) is 17.7. The van der Waals surface area contributed by atoms with Gasteiger partial charge in [0.05, 0.1) is 6.54 Å². The Morgan fingerprint density at radius 2 is 1.79 bits per heavy atom. The van der Waals surface area contributed by atoms with Gasteiger partial charge in [-0.1, -0.05) is 13.3 Å². The fourth-order valence-corrected chi connectivity index (χ4v) is 1.77. The van der Waals surface area contributed by atoms with Gasteiger partial charge in [0.2, 0.25) is 5.91 Å². The van der Waals surface area contributed by atoms with Crippen LogP contribution in [0.25, 0.3) is 0 Å². The Morgan fingerprint density at radius 3 is 2.26 bits per heavy atom. The highest BCUT2D eigenvalue weighted by atomic mass is 16.2. The lowest BCUT2D eigenvalue weighted by Gasteiger charge is -2.25. The predicted molar refractivity (Wildman–Crippen MR) is 81.4 cm³/mol. The highest BCUT2D eigenvalue weighted by molar-refractivity contribution is 5.86. The van der Waals surface area contributed by atoms with E-state index < -0.39 is 0 Å². The molecule has 112 valence electrons. The number of rotatable bonds is 8. The lowest BCUT2D eigenvalue weighted by atomic mass is 10.3. The van der Waals surface area contributed by atoms with Gasteiger partial charge < -0.3 is 15.1 Å². The van der Waals surface area contributed by atoms with E-state index in [2.05, 4.69) is 17.2 Å². The topological polar surface area (TPSA) is 47.9 Å². The first-order valence-electron chi connectivity index (χ1n) is 7.37. The number of guanidine groups is 1. The quantitative estimate of drug-likeness (QED) is 0.413. The van der Waals surface area contributed by atoms with Crippen molar-refractivity contribution >= 4 is 11.9 Å². The van der Waals surface area contributed by atoms with Crippen LogP contribution in [0.4, 0.5) is 0 Å². The molecule has 5 nitrogen and oxygen atoms in total. The van der Waals surface area contributed by atoms with Crippen LogP contribution in [0.1, 0.15) is 40.5 Å². The molecule has 5 heteroatoms. The number of carbonyl (C=O) groups excluding carboxylic acids is 1. The Kier molecular flexibility index (Phi) is 9.94. The molecule has 0 aliphatic rings. The molecular weight excluding hydrogens is 240 g/mol. The molecular formula is C14H30N4O. The average Bonchev–Trinajstić information content (AvgIpc) is 2.39. The predicted octanol–water partition coefficient (Wildman–Crippen LogP) is 1.55. The molecule has 0 saturated carbocycles. The van der Waals surface area contributed by atoms with Gasteiger partial charge in [-0.2, -0.15) is 0 Å². The maximum atomic E-state index is 12.1. The smallest absolute Gasteiger partial charge is 0.242 e. The second kappa shape index (κ2) is 10.6. The number of nitrogens with one attached hydrogen (secondary N) is 1. The van der Waals surface area contributed by atoms with Gasteiger partial charge in [-0.25, -0.2) is 0 Å². The SMILES string of the molecule is CCCCN=C(NCC)N(C)CC(=O)N(CC)CC.